The van der Waals surface area contributed by atoms with Gasteiger partial charge in [0.2, 0.25) is 0 Å². The Morgan fingerprint density at radius 1 is 1.27 bits per heavy atom. The number of carboxylic acids is 1. The molecule has 0 radical (unpaired) electrons. The van der Waals surface area contributed by atoms with Crippen molar-refractivity contribution in [3.8, 4) is 5.75 Å². The molecule has 0 fully saturated rings. The molecule has 9 nitrogen and oxygen atoms in total. The molecule has 0 spiro atoms. The number of phenols is 1. The summed E-state index contributed by atoms with van der Waals surface area (Å²) in [6.07, 6.45) is 1.70. The van der Waals surface area contributed by atoms with Gasteiger partial charge in [-0.3, -0.25) is 0 Å². The molecule has 3 N–H and O–H groups in total. The number of nitrogens with one attached hydrogen (secondary N) is 1. The van der Waals surface area contributed by atoms with Gasteiger partial charge in [-0.15, -0.1) is 10.2 Å². The van der Waals surface area contributed by atoms with Crippen LogP contribution in [0.5, 0.6) is 5.75 Å². The van der Waals surface area contributed by atoms with Crippen molar-refractivity contribution >= 4 is 12.0 Å². The molecule has 1 aromatic heterocycles. The molecule has 0 aliphatic heterocycles. The van der Waals surface area contributed by atoms with Crippen LogP contribution < -0.4 is 5.32 Å². The standard InChI is InChI=1S/C17H23N5O4/c1-11(2)22-10-18-20-15(22)9-21(3)17(26)19-14(16(24)25)8-12-4-6-13(23)7-5-12/h4-7,10-11,14,23H,8-9H2,1-3H3,(H,19,26)(H,24,25)/t14-/m0/s1. The number of amides is 2. The summed E-state index contributed by atoms with van der Waals surface area (Å²) in [5.41, 5.74) is 0.692. The summed E-state index contributed by atoms with van der Waals surface area (Å²) >= 11 is 0. The van der Waals surface area contributed by atoms with Crippen LogP contribution in [0.15, 0.2) is 30.6 Å². The zero-order chi connectivity index (χ0) is 19.3. The highest BCUT2D eigenvalue weighted by Gasteiger charge is 2.23. The van der Waals surface area contributed by atoms with Crippen LogP contribution in [-0.4, -0.2) is 55.0 Å². The lowest BCUT2D eigenvalue weighted by Gasteiger charge is -2.22. The molecule has 0 saturated carbocycles. The summed E-state index contributed by atoms with van der Waals surface area (Å²) in [5, 5.41) is 29.0. The Morgan fingerprint density at radius 3 is 2.50 bits per heavy atom. The van der Waals surface area contributed by atoms with Crippen molar-refractivity contribution in [3.05, 3.63) is 42.0 Å². The van der Waals surface area contributed by atoms with Gasteiger partial charge in [0, 0.05) is 19.5 Å². The molecule has 1 atom stereocenters. The van der Waals surface area contributed by atoms with E-state index in [9.17, 15) is 19.8 Å². The fraction of sp³-hybridized carbons (Fsp3) is 0.412. The molecule has 26 heavy (non-hydrogen) atoms. The first-order valence-electron chi connectivity index (χ1n) is 8.18. The molecule has 0 aliphatic carbocycles. The number of benzene rings is 1. The summed E-state index contributed by atoms with van der Waals surface area (Å²) in [6, 6.07) is 4.73. The first-order chi connectivity index (χ1) is 12.3. The van der Waals surface area contributed by atoms with Crippen LogP contribution in [0.1, 0.15) is 31.3 Å². The van der Waals surface area contributed by atoms with E-state index in [1.54, 1.807) is 25.5 Å². The predicted octanol–water partition coefficient (Wildman–Crippen LogP) is 1.40. The minimum absolute atomic E-state index is 0.0960. The van der Waals surface area contributed by atoms with Gasteiger partial charge in [-0.2, -0.15) is 0 Å². The molecular weight excluding hydrogens is 338 g/mol. The van der Waals surface area contributed by atoms with Crippen LogP contribution in [0.3, 0.4) is 0 Å². The highest BCUT2D eigenvalue weighted by Crippen LogP contribution is 2.12. The number of carboxylic acid groups (broad SMARTS) is 1. The fourth-order valence-electron chi connectivity index (χ4n) is 2.42. The van der Waals surface area contributed by atoms with Crippen molar-refractivity contribution in [1.29, 1.82) is 0 Å². The minimum atomic E-state index is -1.13. The number of aromatic hydroxyl groups is 1. The maximum Gasteiger partial charge on any atom is 0.326 e. The van der Waals surface area contributed by atoms with E-state index in [0.717, 1.165) is 0 Å². The quantitative estimate of drug-likeness (QED) is 0.685. The Balaban J connectivity index is 2.01. The summed E-state index contributed by atoms with van der Waals surface area (Å²) in [7, 11) is 1.56. The minimum Gasteiger partial charge on any atom is -0.508 e. The third-order valence-electron chi connectivity index (χ3n) is 3.90. The van der Waals surface area contributed by atoms with Gasteiger partial charge in [0.05, 0.1) is 6.54 Å². The zero-order valence-corrected chi connectivity index (χ0v) is 15.0. The molecule has 2 rings (SSSR count). The predicted molar refractivity (Wildman–Crippen MR) is 93.6 cm³/mol. The van der Waals surface area contributed by atoms with Gasteiger partial charge in [-0.1, -0.05) is 12.1 Å². The first kappa shape index (κ1) is 19.2. The van der Waals surface area contributed by atoms with Crippen molar-refractivity contribution in [1.82, 2.24) is 25.0 Å². The number of aliphatic carboxylic acids is 1. The van der Waals surface area contributed by atoms with Crippen LogP contribution in [0.4, 0.5) is 4.79 Å². The molecule has 2 amide bonds. The van der Waals surface area contributed by atoms with Crippen LogP contribution in [0, 0.1) is 0 Å². The van der Waals surface area contributed by atoms with Crippen molar-refractivity contribution in [3.63, 3.8) is 0 Å². The Labute approximate surface area is 151 Å². The molecule has 0 unspecified atom stereocenters. The summed E-state index contributed by atoms with van der Waals surface area (Å²) in [5.74, 6) is -0.424. The van der Waals surface area contributed by atoms with Crippen LogP contribution in [0.25, 0.3) is 0 Å². The van der Waals surface area contributed by atoms with Gasteiger partial charge in [0.1, 0.15) is 18.1 Å². The Hall–Kier alpha value is -3.10. The second-order valence-corrected chi connectivity index (χ2v) is 6.32. The summed E-state index contributed by atoms with van der Waals surface area (Å²) in [6.45, 7) is 4.16. The van der Waals surface area contributed by atoms with E-state index in [1.165, 1.54) is 17.0 Å². The van der Waals surface area contributed by atoms with Crippen molar-refractivity contribution in [2.24, 2.45) is 0 Å². The number of carbonyl (C=O) groups excluding carboxylic acids is 1. The third-order valence-corrected chi connectivity index (χ3v) is 3.90. The second-order valence-electron chi connectivity index (χ2n) is 6.32. The van der Waals surface area contributed by atoms with Gasteiger partial charge >= 0.3 is 12.0 Å². The van der Waals surface area contributed by atoms with Crippen molar-refractivity contribution in [2.75, 3.05) is 7.05 Å². The lowest BCUT2D eigenvalue weighted by Crippen LogP contribution is -2.47. The van der Waals surface area contributed by atoms with Crippen LogP contribution in [-0.2, 0) is 17.8 Å². The van der Waals surface area contributed by atoms with E-state index in [2.05, 4.69) is 15.5 Å². The van der Waals surface area contributed by atoms with E-state index in [-0.39, 0.29) is 24.8 Å². The van der Waals surface area contributed by atoms with Crippen LogP contribution >= 0.6 is 0 Å². The SMILES string of the molecule is CC(C)n1cnnc1CN(C)C(=O)N[C@@H](Cc1ccc(O)cc1)C(=O)O. The lowest BCUT2D eigenvalue weighted by molar-refractivity contribution is -0.139. The molecule has 0 aliphatic rings. The largest absolute Gasteiger partial charge is 0.508 e. The van der Waals surface area contributed by atoms with Gasteiger partial charge in [-0.05, 0) is 31.5 Å². The highest BCUT2D eigenvalue weighted by atomic mass is 16.4. The normalized spacial score (nSPS) is 12.0. The number of nitrogens with zero attached hydrogens (tertiary/aromatic N) is 4. The maximum absolute atomic E-state index is 12.4. The zero-order valence-electron chi connectivity index (χ0n) is 15.0. The molecule has 1 heterocycles. The lowest BCUT2D eigenvalue weighted by atomic mass is 10.1. The summed E-state index contributed by atoms with van der Waals surface area (Å²) < 4.78 is 1.84. The molecule has 9 heteroatoms. The number of hydrogen-bond acceptors (Lipinski definition) is 5. The molecule has 0 saturated heterocycles. The number of urea groups is 1. The second kappa shape index (κ2) is 8.32. The number of phenolic OH excluding ortho intramolecular Hbond substituents is 1. The average Bonchev–Trinajstić information content (AvgIpc) is 3.04. The topological polar surface area (TPSA) is 121 Å². The Kier molecular flexibility index (Phi) is 6.16. The fourth-order valence-corrected chi connectivity index (χ4v) is 2.42. The number of aromatic nitrogens is 3. The van der Waals surface area contributed by atoms with Crippen LogP contribution in [0.2, 0.25) is 0 Å². The smallest absolute Gasteiger partial charge is 0.326 e. The molecule has 2 aromatic rings. The molecular formula is C17H23N5O4. The number of hydrogen-bond donors (Lipinski definition) is 3. The van der Waals surface area contributed by atoms with E-state index in [4.69, 9.17) is 0 Å². The van der Waals surface area contributed by atoms with Gasteiger partial charge in [0.25, 0.3) is 0 Å². The van der Waals surface area contributed by atoms with Crippen molar-refractivity contribution in [2.45, 2.75) is 38.9 Å². The van der Waals surface area contributed by atoms with Gasteiger partial charge < -0.3 is 25.0 Å². The van der Waals surface area contributed by atoms with E-state index >= 15 is 0 Å². The van der Waals surface area contributed by atoms with E-state index < -0.39 is 18.0 Å². The maximum atomic E-state index is 12.4. The highest BCUT2D eigenvalue weighted by molar-refractivity contribution is 5.82. The summed E-state index contributed by atoms with van der Waals surface area (Å²) in [4.78, 5) is 25.2. The average molecular weight is 361 g/mol. The Bertz CT molecular complexity index is 757. The Morgan fingerprint density at radius 2 is 1.92 bits per heavy atom. The number of rotatable bonds is 7. The molecule has 0 bridgehead atoms. The third kappa shape index (κ3) is 4.95. The van der Waals surface area contributed by atoms with E-state index in [1.807, 2.05) is 18.4 Å². The number of carbonyl (C=O) groups is 2. The van der Waals surface area contributed by atoms with Crippen molar-refractivity contribution < 1.29 is 19.8 Å². The van der Waals surface area contributed by atoms with E-state index in [0.29, 0.717) is 11.4 Å². The van der Waals surface area contributed by atoms with Gasteiger partial charge in [-0.25, -0.2) is 9.59 Å². The van der Waals surface area contributed by atoms with Gasteiger partial charge in [0.15, 0.2) is 5.82 Å². The molecule has 1 aromatic carbocycles. The first-order valence-corrected chi connectivity index (χ1v) is 8.18. The monoisotopic (exact) mass is 361 g/mol. The molecule has 140 valence electrons.